The molecule has 0 amide bonds. The summed E-state index contributed by atoms with van der Waals surface area (Å²) in [5.41, 5.74) is -0.00307. The van der Waals surface area contributed by atoms with Gasteiger partial charge in [-0.1, -0.05) is 29.8 Å². The van der Waals surface area contributed by atoms with Crippen molar-refractivity contribution in [1.82, 2.24) is 9.97 Å². The van der Waals surface area contributed by atoms with Crippen molar-refractivity contribution in [2.45, 2.75) is 6.18 Å². The Labute approximate surface area is 120 Å². The number of halogens is 4. The predicted molar refractivity (Wildman–Crippen MR) is 72.9 cm³/mol. The molecule has 0 spiro atoms. The molecule has 102 valence electrons. The number of benzene rings is 1. The predicted octanol–water partition coefficient (Wildman–Crippen LogP) is 5.03. The van der Waals surface area contributed by atoms with Crippen molar-refractivity contribution < 1.29 is 13.2 Å². The molecule has 3 rings (SSSR count). The van der Waals surface area contributed by atoms with Crippen molar-refractivity contribution in [3.05, 3.63) is 47.4 Å². The zero-order valence-corrected chi connectivity index (χ0v) is 11.4. The molecule has 0 radical (unpaired) electrons. The van der Waals surface area contributed by atoms with Gasteiger partial charge in [-0.05, 0) is 12.1 Å². The van der Waals surface area contributed by atoms with E-state index in [9.17, 15) is 13.2 Å². The van der Waals surface area contributed by atoms with E-state index >= 15 is 0 Å². The Kier molecular flexibility index (Phi) is 3.14. The Hall–Kier alpha value is -1.66. The van der Waals surface area contributed by atoms with E-state index in [1.54, 1.807) is 12.1 Å². The lowest BCUT2D eigenvalue weighted by Crippen LogP contribution is -2.06. The molecule has 0 bridgehead atoms. The van der Waals surface area contributed by atoms with Crippen molar-refractivity contribution in [3.8, 4) is 10.4 Å². The van der Waals surface area contributed by atoms with Crippen LogP contribution in [0.4, 0.5) is 13.2 Å². The normalized spacial score (nSPS) is 12.0. The minimum Gasteiger partial charge on any atom is -0.235 e. The number of thiophene rings is 1. The first kappa shape index (κ1) is 13.3. The molecule has 0 aliphatic carbocycles. The van der Waals surface area contributed by atoms with Gasteiger partial charge in [-0.3, -0.25) is 0 Å². The summed E-state index contributed by atoms with van der Waals surface area (Å²) in [5, 5.41) is 0.246. The van der Waals surface area contributed by atoms with Crippen molar-refractivity contribution in [2.24, 2.45) is 0 Å². The molecule has 2 nitrogen and oxygen atoms in total. The molecular weight excluding hydrogens is 309 g/mol. The van der Waals surface area contributed by atoms with E-state index in [1.165, 1.54) is 18.5 Å². The Morgan fingerprint density at radius 3 is 2.55 bits per heavy atom. The standard InChI is InChI=1S/C13H6ClF3N2S/c14-12-11-9(18-6-19-12)5-10(20-11)7-3-1-2-4-8(7)13(15,16)17/h1-6H. The molecule has 0 aliphatic rings. The summed E-state index contributed by atoms with van der Waals surface area (Å²) in [4.78, 5) is 8.31. The zero-order valence-electron chi connectivity index (χ0n) is 9.78. The second kappa shape index (κ2) is 4.71. The number of hydrogen-bond acceptors (Lipinski definition) is 3. The smallest absolute Gasteiger partial charge is 0.235 e. The minimum atomic E-state index is -4.40. The van der Waals surface area contributed by atoms with Crippen LogP contribution in [-0.4, -0.2) is 9.97 Å². The van der Waals surface area contributed by atoms with Gasteiger partial charge in [-0.25, -0.2) is 9.97 Å². The van der Waals surface area contributed by atoms with Crippen LogP contribution in [0, 0.1) is 0 Å². The van der Waals surface area contributed by atoms with Crippen LogP contribution in [-0.2, 0) is 6.18 Å². The molecule has 2 heterocycles. The zero-order chi connectivity index (χ0) is 14.3. The average Bonchev–Trinajstić information content (AvgIpc) is 2.83. The van der Waals surface area contributed by atoms with Crippen LogP contribution in [0.5, 0.6) is 0 Å². The molecule has 0 atom stereocenters. The fourth-order valence-electron chi connectivity index (χ4n) is 1.90. The van der Waals surface area contributed by atoms with E-state index in [4.69, 9.17) is 11.6 Å². The third kappa shape index (κ3) is 2.25. The number of aromatic nitrogens is 2. The van der Waals surface area contributed by atoms with Crippen LogP contribution in [0.2, 0.25) is 5.15 Å². The second-order valence-electron chi connectivity index (χ2n) is 4.03. The number of fused-ring (bicyclic) bond motifs is 1. The monoisotopic (exact) mass is 314 g/mol. The highest BCUT2D eigenvalue weighted by Crippen LogP contribution is 2.41. The number of rotatable bonds is 1. The maximum absolute atomic E-state index is 13.0. The maximum Gasteiger partial charge on any atom is 0.417 e. The molecule has 0 saturated carbocycles. The van der Waals surface area contributed by atoms with Gasteiger partial charge in [0.1, 0.15) is 11.5 Å². The van der Waals surface area contributed by atoms with Gasteiger partial charge in [-0.2, -0.15) is 13.2 Å². The largest absolute Gasteiger partial charge is 0.417 e. The summed E-state index contributed by atoms with van der Waals surface area (Å²) in [7, 11) is 0. The van der Waals surface area contributed by atoms with Gasteiger partial charge in [0.2, 0.25) is 0 Å². The molecule has 0 unspecified atom stereocenters. The fraction of sp³-hybridized carbons (Fsp3) is 0.0769. The highest BCUT2D eigenvalue weighted by Gasteiger charge is 2.33. The summed E-state index contributed by atoms with van der Waals surface area (Å²) in [5.74, 6) is 0. The van der Waals surface area contributed by atoms with Crippen molar-refractivity contribution in [1.29, 1.82) is 0 Å². The van der Waals surface area contributed by atoms with Crippen LogP contribution in [0.1, 0.15) is 5.56 Å². The lowest BCUT2D eigenvalue weighted by Gasteiger charge is -2.10. The van der Waals surface area contributed by atoms with E-state index in [0.29, 0.717) is 15.1 Å². The topological polar surface area (TPSA) is 25.8 Å². The lowest BCUT2D eigenvalue weighted by molar-refractivity contribution is -0.137. The Morgan fingerprint density at radius 2 is 1.85 bits per heavy atom. The molecule has 0 fully saturated rings. The van der Waals surface area contributed by atoms with Crippen LogP contribution < -0.4 is 0 Å². The highest BCUT2D eigenvalue weighted by molar-refractivity contribution is 7.22. The molecular formula is C13H6ClF3N2S. The third-order valence-corrected chi connectivity index (χ3v) is 4.33. The number of hydrogen-bond donors (Lipinski definition) is 0. The lowest BCUT2D eigenvalue weighted by atomic mass is 10.1. The molecule has 20 heavy (non-hydrogen) atoms. The molecule has 0 aliphatic heterocycles. The van der Waals surface area contributed by atoms with Gasteiger partial charge in [0.25, 0.3) is 0 Å². The first-order valence-corrected chi connectivity index (χ1v) is 6.73. The third-order valence-electron chi connectivity index (χ3n) is 2.77. The van der Waals surface area contributed by atoms with Crippen LogP contribution in [0.15, 0.2) is 36.7 Å². The summed E-state index contributed by atoms with van der Waals surface area (Å²) >= 11 is 7.07. The van der Waals surface area contributed by atoms with Crippen molar-refractivity contribution in [2.75, 3.05) is 0 Å². The van der Waals surface area contributed by atoms with Crippen molar-refractivity contribution in [3.63, 3.8) is 0 Å². The molecule has 7 heteroatoms. The SMILES string of the molecule is FC(F)(F)c1ccccc1-c1cc2ncnc(Cl)c2s1. The van der Waals surface area contributed by atoms with E-state index in [1.807, 2.05) is 0 Å². The molecule has 1 aromatic carbocycles. The van der Waals surface area contributed by atoms with Crippen molar-refractivity contribution >= 4 is 33.2 Å². The molecule has 0 N–H and O–H groups in total. The van der Waals surface area contributed by atoms with Gasteiger partial charge in [0.05, 0.1) is 15.8 Å². The Bertz CT molecular complexity index is 783. The fourth-order valence-corrected chi connectivity index (χ4v) is 3.19. The van der Waals surface area contributed by atoms with E-state index in [0.717, 1.165) is 17.4 Å². The summed E-state index contributed by atoms with van der Waals surface area (Å²) in [6.45, 7) is 0. The molecule has 0 saturated heterocycles. The first-order valence-electron chi connectivity index (χ1n) is 5.53. The van der Waals surface area contributed by atoms with Gasteiger partial charge < -0.3 is 0 Å². The summed E-state index contributed by atoms with van der Waals surface area (Å²) in [6, 6.07) is 7.04. The highest BCUT2D eigenvalue weighted by atomic mass is 35.5. The Morgan fingerprint density at radius 1 is 1.10 bits per heavy atom. The van der Waals surface area contributed by atoms with E-state index < -0.39 is 11.7 Å². The van der Waals surface area contributed by atoms with E-state index in [-0.39, 0.29) is 10.7 Å². The maximum atomic E-state index is 13.0. The van der Waals surface area contributed by atoms with Gasteiger partial charge in [0.15, 0.2) is 0 Å². The minimum absolute atomic E-state index is 0.124. The quantitative estimate of drug-likeness (QED) is 0.589. The number of nitrogens with zero attached hydrogens (tertiary/aromatic N) is 2. The first-order chi connectivity index (χ1) is 9.47. The van der Waals surface area contributed by atoms with Gasteiger partial charge >= 0.3 is 6.18 Å². The van der Waals surface area contributed by atoms with E-state index in [2.05, 4.69) is 9.97 Å². The second-order valence-corrected chi connectivity index (χ2v) is 5.44. The summed E-state index contributed by atoms with van der Waals surface area (Å²) in [6.07, 6.45) is -3.11. The van der Waals surface area contributed by atoms with Gasteiger partial charge in [-0.15, -0.1) is 11.3 Å². The number of alkyl halides is 3. The van der Waals surface area contributed by atoms with Crippen LogP contribution >= 0.6 is 22.9 Å². The Balaban J connectivity index is 2.24. The van der Waals surface area contributed by atoms with Crippen LogP contribution in [0.3, 0.4) is 0 Å². The van der Waals surface area contributed by atoms with Crippen LogP contribution in [0.25, 0.3) is 20.7 Å². The summed E-state index contributed by atoms with van der Waals surface area (Å²) < 4.78 is 39.6. The average molecular weight is 315 g/mol. The van der Waals surface area contributed by atoms with Gasteiger partial charge in [0, 0.05) is 10.4 Å². The molecule has 2 aromatic heterocycles. The molecule has 3 aromatic rings.